The Morgan fingerprint density at radius 3 is 2.61 bits per heavy atom. The van der Waals surface area contributed by atoms with Crippen LogP contribution in [0.15, 0.2) is 6.07 Å². The zero-order valence-corrected chi connectivity index (χ0v) is 12.6. The zero-order valence-electron chi connectivity index (χ0n) is 11.7. The van der Waals surface area contributed by atoms with E-state index >= 15 is 0 Å². The van der Waals surface area contributed by atoms with E-state index in [0.717, 1.165) is 6.42 Å². The second kappa shape index (κ2) is 6.72. The van der Waals surface area contributed by atoms with Crippen molar-refractivity contribution >= 4 is 11.3 Å². The summed E-state index contributed by atoms with van der Waals surface area (Å²) < 4.78 is 0. The first kappa shape index (κ1) is 14.1. The minimum atomic E-state index is -0.230. The van der Waals surface area contributed by atoms with Gasteiger partial charge >= 0.3 is 0 Å². The van der Waals surface area contributed by atoms with E-state index in [9.17, 15) is 5.11 Å². The lowest BCUT2D eigenvalue weighted by molar-refractivity contribution is 0.144. The van der Waals surface area contributed by atoms with E-state index in [-0.39, 0.29) is 6.10 Å². The van der Waals surface area contributed by atoms with Gasteiger partial charge in [-0.05, 0) is 49.7 Å². The van der Waals surface area contributed by atoms with E-state index in [1.54, 1.807) is 4.88 Å². The van der Waals surface area contributed by atoms with Gasteiger partial charge < -0.3 is 5.11 Å². The number of aliphatic hydroxyl groups excluding tert-OH is 1. The maximum absolute atomic E-state index is 10.4. The highest BCUT2D eigenvalue weighted by atomic mass is 32.1. The van der Waals surface area contributed by atoms with Crippen LogP contribution in [0.1, 0.15) is 73.8 Å². The lowest BCUT2D eigenvalue weighted by Crippen LogP contribution is -2.04. The molecule has 1 nitrogen and oxygen atoms in total. The van der Waals surface area contributed by atoms with Crippen LogP contribution in [0.3, 0.4) is 0 Å². The Morgan fingerprint density at radius 2 is 1.89 bits per heavy atom. The van der Waals surface area contributed by atoms with Crippen molar-refractivity contribution in [3.05, 3.63) is 21.4 Å². The van der Waals surface area contributed by atoms with Gasteiger partial charge in [-0.1, -0.05) is 33.1 Å². The van der Waals surface area contributed by atoms with Gasteiger partial charge in [0.15, 0.2) is 0 Å². The summed E-state index contributed by atoms with van der Waals surface area (Å²) in [5, 5.41) is 10.4. The van der Waals surface area contributed by atoms with E-state index in [4.69, 9.17) is 0 Å². The van der Waals surface area contributed by atoms with Crippen LogP contribution >= 0.6 is 11.3 Å². The highest BCUT2D eigenvalue weighted by molar-refractivity contribution is 7.12. The molecule has 1 atom stereocenters. The predicted molar refractivity (Wildman–Crippen MR) is 79.2 cm³/mol. The molecule has 0 saturated heterocycles. The second-order valence-corrected chi connectivity index (χ2v) is 6.76. The molecule has 0 spiro atoms. The van der Waals surface area contributed by atoms with Crippen LogP contribution in [0, 0.1) is 5.92 Å². The highest BCUT2D eigenvalue weighted by Crippen LogP contribution is 2.35. The monoisotopic (exact) mass is 266 g/mol. The third kappa shape index (κ3) is 3.36. The summed E-state index contributed by atoms with van der Waals surface area (Å²) in [6.07, 6.45) is 9.55. The van der Waals surface area contributed by atoms with Gasteiger partial charge in [-0.25, -0.2) is 0 Å². The average Bonchev–Trinajstić information content (AvgIpc) is 2.67. The molecule has 2 heteroatoms. The smallest absolute Gasteiger partial charge is 0.0884 e. The average molecular weight is 266 g/mol. The van der Waals surface area contributed by atoms with Crippen LogP contribution in [0.2, 0.25) is 0 Å². The Hall–Kier alpha value is -0.340. The molecule has 1 unspecified atom stereocenters. The molecule has 0 fully saturated rings. The maximum Gasteiger partial charge on any atom is 0.0884 e. The number of hydrogen-bond acceptors (Lipinski definition) is 2. The molecule has 18 heavy (non-hydrogen) atoms. The molecule has 2 rings (SSSR count). The zero-order chi connectivity index (χ0) is 13.0. The minimum absolute atomic E-state index is 0.230. The van der Waals surface area contributed by atoms with Gasteiger partial charge in [0.25, 0.3) is 0 Å². The van der Waals surface area contributed by atoms with Gasteiger partial charge in [0, 0.05) is 9.75 Å². The van der Waals surface area contributed by atoms with Crippen LogP contribution in [0.5, 0.6) is 0 Å². The minimum Gasteiger partial charge on any atom is -0.388 e. The van der Waals surface area contributed by atoms with Gasteiger partial charge in [-0.2, -0.15) is 0 Å². The van der Waals surface area contributed by atoms with E-state index in [0.29, 0.717) is 5.92 Å². The highest BCUT2D eigenvalue weighted by Gasteiger charge is 2.19. The lowest BCUT2D eigenvalue weighted by atomic mass is 9.95. The Bertz CT molecular complexity index is 342. The number of hydrogen-bond donors (Lipinski definition) is 1. The summed E-state index contributed by atoms with van der Waals surface area (Å²) in [7, 11) is 0. The van der Waals surface area contributed by atoms with E-state index < -0.39 is 0 Å². The molecule has 1 aromatic heterocycles. The standard InChI is InChI=1S/C16H26OS/c1-3-12(4-2)10-14(17)16-11-13-8-6-5-7-9-15(13)18-16/h11-12,14,17H,3-10H2,1-2H3. The first-order valence-electron chi connectivity index (χ1n) is 7.54. The molecule has 0 aromatic carbocycles. The molecule has 0 aliphatic heterocycles. The maximum atomic E-state index is 10.4. The number of rotatable bonds is 5. The third-order valence-corrected chi connectivity index (χ3v) is 5.64. The molecule has 1 heterocycles. The normalized spacial score (nSPS) is 17.6. The fourth-order valence-corrected chi connectivity index (χ4v) is 4.17. The second-order valence-electron chi connectivity index (χ2n) is 5.59. The summed E-state index contributed by atoms with van der Waals surface area (Å²) >= 11 is 1.87. The van der Waals surface area contributed by atoms with Crippen molar-refractivity contribution in [3.63, 3.8) is 0 Å². The molecule has 0 radical (unpaired) electrons. The first-order valence-corrected chi connectivity index (χ1v) is 8.35. The van der Waals surface area contributed by atoms with Crippen molar-refractivity contribution in [1.82, 2.24) is 0 Å². The fraction of sp³-hybridized carbons (Fsp3) is 0.750. The Kier molecular flexibility index (Phi) is 5.25. The topological polar surface area (TPSA) is 20.2 Å². The summed E-state index contributed by atoms with van der Waals surface area (Å²) in [5.41, 5.74) is 1.52. The van der Waals surface area contributed by atoms with Crippen LogP contribution in [0.4, 0.5) is 0 Å². The molecule has 102 valence electrons. The fourth-order valence-electron chi connectivity index (χ4n) is 2.91. The number of thiophene rings is 1. The van der Waals surface area contributed by atoms with Crippen molar-refractivity contribution in [2.24, 2.45) is 5.92 Å². The number of fused-ring (bicyclic) bond motifs is 1. The predicted octanol–water partition coefficient (Wildman–Crippen LogP) is 4.88. The van der Waals surface area contributed by atoms with Crippen LogP contribution < -0.4 is 0 Å². The van der Waals surface area contributed by atoms with Crippen LogP contribution in [0.25, 0.3) is 0 Å². The molecule has 1 aromatic rings. The van der Waals surface area contributed by atoms with Crippen molar-refractivity contribution in [3.8, 4) is 0 Å². The molecule has 0 amide bonds. The van der Waals surface area contributed by atoms with Gasteiger partial charge in [0.2, 0.25) is 0 Å². The molecule has 1 aliphatic carbocycles. The molecule has 0 saturated carbocycles. The van der Waals surface area contributed by atoms with Crippen molar-refractivity contribution in [2.45, 2.75) is 71.3 Å². The SMILES string of the molecule is CCC(CC)CC(O)c1cc2c(s1)CCCCC2. The Balaban J connectivity index is 2.04. The molecule has 1 aliphatic rings. The van der Waals surface area contributed by atoms with E-state index in [2.05, 4.69) is 19.9 Å². The van der Waals surface area contributed by atoms with Gasteiger partial charge in [0.05, 0.1) is 6.10 Å². The molecular formula is C16H26OS. The van der Waals surface area contributed by atoms with Gasteiger partial charge in [-0.3, -0.25) is 0 Å². The number of aliphatic hydroxyl groups is 1. The summed E-state index contributed by atoms with van der Waals surface area (Å²) in [5.74, 6) is 0.668. The van der Waals surface area contributed by atoms with E-state index in [1.807, 2.05) is 11.3 Å². The summed E-state index contributed by atoms with van der Waals surface area (Å²) in [4.78, 5) is 2.76. The third-order valence-electron chi connectivity index (χ3n) is 4.31. The summed E-state index contributed by atoms with van der Waals surface area (Å²) in [6.45, 7) is 4.45. The number of aryl methyl sites for hydroxylation is 2. The van der Waals surface area contributed by atoms with Gasteiger partial charge in [0.1, 0.15) is 0 Å². The Morgan fingerprint density at radius 1 is 1.17 bits per heavy atom. The van der Waals surface area contributed by atoms with Crippen molar-refractivity contribution in [2.75, 3.05) is 0 Å². The lowest BCUT2D eigenvalue weighted by Gasteiger charge is -2.16. The molecule has 0 bridgehead atoms. The van der Waals surface area contributed by atoms with E-state index in [1.165, 1.54) is 55.4 Å². The van der Waals surface area contributed by atoms with Crippen molar-refractivity contribution in [1.29, 1.82) is 0 Å². The quantitative estimate of drug-likeness (QED) is 0.753. The van der Waals surface area contributed by atoms with Gasteiger partial charge in [-0.15, -0.1) is 11.3 Å². The van der Waals surface area contributed by atoms with Crippen molar-refractivity contribution < 1.29 is 5.11 Å². The largest absolute Gasteiger partial charge is 0.388 e. The Labute approximate surface area is 115 Å². The molecular weight excluding hydrogens is 240 g/mol. The first-order chi connectivity index (χ1) is 8.74. The molecule has 1 N–H and O–H groups in total. The van der Waals surface area contributed by atoms with Crippen LogP contribution in [-0.4, -0.2) is 5.11 Å². The summed E-state index contributed by atoms with van der Waals surface area (Å²) in [6, 6.07) is 2.29. The van der Waals surface area contributed by atoms with Crippen LogP contribution in [-0.2, 0) is 12.8 Å².